The van der Waals surface area contributed by atoms with Crippen molar-refractivity contribution in [3.8, 4) is 0 Å². The summed E-state index contributed by atoms with van der Waals surface area (Å²) in [7, 11) is 0. The molecule has 0 aromatic rings. The van der Waals surface area contributed by atoms with E-state index in [-0.39, 0.29) is 6.10 Å². The van der Waals surface area contributed by atoms with Crippen molar-refractivity contribution < 1.29 is 19.3 Å². The molecule has 0 saturated heterocycles. The van der Waals surface area contributed by atoms with Gasteiger partial charge in [-0.2, -0.15) is 0 Å². The molecule has 1 N–H and O–H groups in total. The lowest BCUT2D eigenvalue weighted by atomic mass is 10.3. The van der Waals surface area contributed by atoms with Gasteiger partial charge in [0, 0.05) is 13.2 Å². The second-order valence-corrected chi connectivity index (χ2v) is 4.89. The Bertz CT molecular complexity index is 181. The Kier molecular flexibility index (Phi) is 9.48. The van der Waals surface area contributed by atoms with Crippen LogP contribution in [0.2, 0.25) is 0 Å². The lowest BCUT2D eigenvalue weighted by molar-refractivity contribution is -0.281. The zero-order valence-corrected chi connectivity index (χ0v) is 11.6. The monoisotopic (exact) mass is 260 g/mol. The summed E-state index contributed by atoms with van der Waals surface area (Å²) in [5, 5.41) is 9.50. The highest BCUT2D eigenvalue weighted by Crippen LogP contribution is 2.21. The number of hydrogen-bond donors (Lipinski definition) is 1. The summed E-state index contributed by atoms with van der Waals surface area (Å²) < 4.78 is 16.0. The van der Waals surface area contributed by atoms with Crippen molar-refractivity contribution in [1.29, 1.82) is 0 Å². The molecule has 0 aliphatic heterocycles. The number of hydrogen-bond acceptors (Lipinski definition) is 4. The molecule has 0 heterocycles. The lowest BCUT2D eigenvalue weighted by Crippen LogP contribution is -2.23. The zero-order valence-electron chi connectivity index (χ0n) is 11.6. The molecular weight excluding hydrogens is 232 g/mol. The molecular formula is C14H28O4. The van der Waals surface area contributed by atoms with Gasteiger partial charge in [0.1, 0.15) is 0 Å². The number of aliphatic hydroxyl groups excluding tert-OH is 1. The maximum absolute atomic E-state index is 9.50. The van der Waals surface area contributed by atoms with Crippen LogP contribution in [0.5, 0.6) is 0 Å². The fraction of sp³-hybridized carbons (Fsp3) is 1.00. The van der Waals surface area contributed by atoms with E-state index in [9.17, 15) is 5.11 Å². The van der Waals surface area contributed by atoms with E-state index >= 15 is 0 Å². The Morgan fingerprint density at radius 2 is 1.78 bits per heavy atom. The van der Waals surface area contributed by atoms with Crippen molar-refractivity contribution in [3.63, 3.8) is 0 Å². The zero-order chi connectivity index (χ0) is 13.1. The van der Waals surface area contributed by atoms with E-state index in [0.717, 1.165) is 32.3 Å². The maximum atomic E-state index is 9.50. The van der Waals surface area contributed by atoms with Crippen LogP contribution >= 0.6 is 0 Å². The summed E-state index contributed by atoms with van der Waals surface area (Å²) in [6.07, 6.45) is 9.04. The van der Waals surface area contributed by atoms with E-state index < -0.39 is 6.48 Å². The summed E-state index contributed by atoms with van der Waals surface area (Å²) in [4.78, 5) is 0. The van der Waals surface area contributed by atoms with Crippen molar-refractivity contribution in [1.82, 2.24) is 0 Å². The first-order valence-electron chi connectivity index (χ1n) is 7.35. The minimum atomic E-state index is -1.06. The second-order valence-electron chi connectivity index (χ2n) is 4.89. The molecule has 1 aliphatic rings. The molecule has 1 atom stereocenters. The second kappa shape index (κ2) is 10.7. The molecule has 4 nitrogen and oxygen atoms in total. The normalized spacial score (nSPS) is 18.3. The fourth-order valence-corrected chi connectivity index (χ4v) is 2.13. The van der Waals surface area contributed by atoms with E-state index in [0.29, 0.717) is 13.2 Å². The predicted octanol–water partition coefficient (Wildman–Crippen LogP) is 2.84. The van der Waals surface area contributed by atoms with Gasteiger partial charge < -0.3 is 19.3 Å². The number of aliphatic hydroxyl groups is 1. The van der Waals surface area contributed by atoms with E-state index in [1.54, 1.807) is 0 Å². The summed E-state index contributed by atoms with van der Waals surface area (Å²) in [6, 6.07) is 0. The minimum Gasteiger partial charge on any atom is -0.381 e. The maximum Gasteiger partial charge on any atom is 0.269 e. The largest absolute Gasteiger partial charge is 0.381 e. The Morgan fingerprint density at radius 3 is 2.50 bits per heavy atom. The molecule has 4 heteroatoms. The molecule has 0 bridgehead atoms. The highest BCUT2D eigenvalue weighted by Gasteiger charge is 2.19. The van der Waals surface area contributed by atoms with E-state index in [4.69, 9.17) is 14.2 Å². The molecule has 18 heavy (non-hydrogen) atoms. The van der Waals surface area contributed by atoms with E-state index in [1.807, 2.05) is 0 Å². The van der Waals surface area contributed by atoms with E-state index in [1.165, 1.54) is 25.7 Å². The third-order valence-electron chi connectivity index (χ3n) is 3.20. The molecule has 1 fully saturated rings. The highest BCUT2D eigenvalue weighted by molar-refractivity contribution is 4.66. The van der Waals surface area contributed by atoms with Crippen LogP contribution in [0.25, 0.3) is 0 Å². The number of rotatable bonds is 11. The highest BCUT2D eigenvalue weighted by atomic mass is 16.8. The molecule has 0 amide bonds. The minimum absolute atomic E-state index is 0.185. The SMILES string of the molecule is CCCCCOCCCOC(O)OC1CCCC1. The van der Waals surface area contributed by atoms with Crippen LogP contribution < -0.4 is 0 Å². The third kappa shape index (κ3) is 8.03. The molecule has 0 aromatic heterocycles. The van der Waals surface area contributed by atoms with Gasteiger partial charge in [-0.3, -0.25) is 0 Å². The smallest absolute Gasteiger partial charge is 0.269 e. The van der Waals surface area contributed by atoms with Crippen LogP contribution in [0.15, 0.2) is 0 Å². The van der Waals surface area contributed by atoms with Gasteiger partial charge in [0.25, 0.3) is 6.48 Å². The van der Waals surface area contributed by atoms with E-state index in [2.05, 4.69) is 6.92 Å². The third-order valence-corrected chi connectivity index (χ3v) is 3.20. The van der Waals surface area contributed by atoms with Gasteiger partial charge in [-0.25, -0.2) is 0 Å². The average Bonchev–Trinajstić information content (AvgIpc) is 2.85. The van der Waals surface area contributed by atoms with Crippen LogP contribution in [0.4, 0.5) is 0 Å². The van der Waals surface area contributed by atoms with Gasteiger partial charge >= 0.3 is 0 Å². The average molecular weight is 260 g/mol. The van der Waals surface area contributed by atoms with Crippen molar-refractivity contribution in [2.24, 2.45) is 0 Å². The number of unbranched alkanes of at least 4 members (excludes halogenated alkanes) is 2. The Hall–Kier alpha value is -0.160. The molecule has 108 valence electrons. The van der Waals surface area contributed by atoms with Gasteiger partial charge in [0.05, 0.1) is 12.7 Å². The van der Waals surface area contributed by atoms with Crippen LogP contribution in [0, 0.1) is 0 Å². The number of ether oxygens (including phenoxy) is 3. The lowest BCUT2D eigenvalue weighted by Gasteiger charge is -2.17. The Labute approximate surface area is 111 Å². The first-order valence-corrected chi connectivity index (χ1v) is 7.35. The van der Waals surface area contributed by atoms with Crippen LogP contribution in [-0.4, -0.2) is 37.5 Å². The Morgan fingerprint density at radius 1 is 1.06 bits per heavy atom. The van der Waals surface area contributed by atoms with Gasteiger partial charge in [-0.1, -0.05) is 32.6 Å². The fourth-order valence-electron chi connectivity index (χ4n) is 2.13. The summed E-state index contributed by atoms with van der Waals surface area (Å²) in [6.45, 7) is 3.13. The van der Waals surface area contributed by atoms with Crippen LogP contribution in [0.3, 0.4) is 0 Å². The summed E-state index contributed by atoms with van der Waals surface area (Å²) in [5.41, 5.74) is 0. The molecule has 1 unspecified atom stereocenters. The van der Waals surface area contributed by atoms with Crippen molar-refractivity contribution in [3.05, 3.63) is 0 Å². The molecule has 0 spiro atoms. The van der Waals surface area contributed by atoms with Gasteiger partial charge in [0.15, 0.2) is 0 Å². The van der Waals surface area contributed by atoms with Crippen molar-refractivity contribution >= 4 is 0 Å². The first-order chi connectivity index (χ1) is 8.83. The van der Waals surface area contributed by atoms with Gasteiger partial charge in [-0.05, 0) is 25.7 Å². The quantitative estimate of drug-likeness (QED) is 0.458. The van der Waals surface area contributed by atoms with Crippen LogP contribution in [-0.2, 0) is 14.2 Å². The first kappa shape index (κ1) is 15.9. The topological polar surface area (TPSA) is 47.9 Å². The van der Waals surface area contributed by atoms with Gasteiger partial charge in [-0.15, -0.1) is 0 Å². The Balaban J connectivity index is 1.81. The summed E-state index contributed by atoms with van der Waals surface area (Å²) >= 11 is 0. The van der Waals surface area contributed by atoms with Crippen molar-refractivity contribution in [2.75, 3.05) is 19.8 Å². The molecule has 1 rings (SSSR count). The molecule has 0 aromatic carbocycles. The standard InChI is InChI=1S/C14H28O4/c1-2-3-6-10-16-11-7-12-17-14(15)18-13-8-4-5-9-13/h13-15H,2-12H2,1H3. The molecule has 1 aliphatic carbocycles. The molecule has 1 saturated carbocycles. The molecule has 0 radical (unpaired) electrons. The van der Waals surface area contributed by atoms with Crippen molar-refractivity contribution in [2.45, 2.75) is 70.9 Å². The van der Waals surface area contributed by atoms with Gasteiger partial charge in [0.2, 0.25) is 0 Å². The van der Waals surface area contributed by atoms with Crippen LogP contribution in [0.1, 0.15) is 58.3 Å². The summed E-state index contributed by atoms with van der Waals surface area (Å²) in [5.74, 6) is 0. The predicted molar refractivity (Wildman–Crippen MR) is 70.3 cm³/mol.